The van der Waals surface area contributed by atoms with Crippen LogP contribution in [-0.4, -0.2) is 70.6 Å². The van der Waals surface area contributed by atoms with E-state index in [9.17, 15) is 9.90 Å². The first-order valence-electron chi connectivity index (χ1n) is 14.5. The summed E-state index contributed by atoms with van der Waals surface area (Å²) in [6.07, 6.45) is 6.45. The number of carboxylic acid groups (broad SMARTS) is 1. The van der Waals surface area contributed by atoms with E-state index in [2.05, 4.69) is 34.8 Å². The molecule has 3 atom stereocenters. The number of amides is 1. The minimum absolute atomic E-state index is 0.0366. The number of fused-ring (bicyclic) bond motifs is 4. The van der Waals surface area contributed by atoms with Crippen LogP contribution in [0.1, 0.15) is 25.7 Å². The molecular weight excluding hydrogens is 572 g/mol. The number of rotatable bonds is 9. The summed E-state index contributed by atoms with van der Waals surface area (Å²) < 4.78 is 13.5. The molecule has 1 unspecified atom stereocenters. The molecule has 0 radical (unpaired) electrons. The van der Waals surface area contributed by atoms with Gasteiger partial charge in [-0.05, 0) is 37.8 Å². The van der Waals surface area contributed by atoms with Crippen LogP contribution in [0.4, 0.5) is 10.6 Å². The monoisotopic (exact) mass is 608 g/mol. The Morgan fingerprint density at radius 2 is 1.83 bits per heavy atom. The summed E-state index contributed by atoms with van der Waals surface area (Å²) in [6.45, 7) is 8.06. The molecule has 2 N–H and O–H groups in total. The maximum Gasteiger partial charge on any atom is 0.404 e. The van der Waals surface area contributed by atoms with E-state index in [1.807, 2.05) is 41.2 Å². The fraction of sp³-hybridized carbons (Fsp3) is 0.467. The second kappa shape index (κ2) is 11.3. The molecule has 2 aliphatic heterocycles. The number of aromatic nitrogens is 4. The van der Waals surface area contributed by atoms with E-state index in [1.54, 1.807) is 7.11 Å². The van der Waals surface area contributed by atoms with Crippen molar-refractivity contribution in [2.45, 2.75) is 76.2 Å². The highest BCUT2D eigenvalue weighted by molar-refractivity contribution is 6.76. The lowest BCUT2D eigenvalue weighted by Crippen LogP contribution is -2.50. The van der Waals surface area contributed by atoms with Gasteiger partial charge in [0.25, 0.3) is 0 Å². The average molecular weight is 609 g/mol. The zero-order chi connectivity index (χ0) is 29.6. The highest BCUT2D eigenvalue weighted by atomic mass is 35.5. The van der Waals surface area contributed by atoms with Crippen LogP contribution in [0.2, 0.25) is 30.7 Å². The fourth-order valence-electron chi connectivity index (χ4n) is 6.30. The van der Waals surface area contributed by atoms with Crippen molar-refractivity contribution in [1.29, 1.82) is 0 Å². The number of halogens is 1. The third kappa shape index (κ3) is 5.65. The number of methoxy groups -OCH3 is 1. The minimum Gasteiger partial charge on any atom is -0.481 e. The first-order chi connectivity index (χ1) is 20.1. The number of hydrogen-bond acceptors (Lipinski definition) is 7. The van der Waals surface area contributed by atoms with Crippen molar-refractivity contribution in [1.82, 2.24) is 24.8 Å². The van der Waals surface area contributed by atoms with Crippen LogP contribution in [0.25, 0.3) is 33.2 Å². The fourth-order valence-corrected chi connectivity index (χ4v) is 7.37. The quantitative estimate of drug-likeness (QED) is 0.166. The summed E-state index contributed by atoms with van der Waals surface area (Å²) in [5.41, 5.74) is 3.82. The lowest BCUT2D eigenvalue weighted by atomic mass is 9.97. The highest BCUT2D eigenvalue weighted by Crippen LogP contribution is 2.41. The summed E-state index contributed by atoms with van der Waals surface area (Å²) in [5, 5.41) is 13.4. The lowest BCUT2D eigenvalue weighted by molar-refractivity contribution is 0.0899. The van der Waals surface area contributed by atoms with Gasteiger partial charge in [0.2, 0.25) is 5.88 Å². The van der Waals surface area contributed by atoms with Gasteiger partial charge in [-0.25, -0.2) is 19.7 Å². The number of benzene rings is 1. The van der Waals surface area contributed by atoms with Gasteiger partial charge in [-0.2, -0.15) is 0 Å². The third-order valence-corrected chi connectivity index (χ3v) is 10.5. The molecule has 3 aromatic heterocycles. The number of carbonyl (C=O) groups is 1. The van der Waals surface area contributed by atoms with E-state index < -0.39 is 14.2 Å². The van der Waals surface area contributed by atoms with E-state index in [4.69, 9.17) is 31.0 Å². The second-order valence-electron chi connectivity index (χ2n) is 12.5. The normalized spacial score (nSPS) is 20.4. The topological polar surface area (TPSA) is 115 Å². The maximum atomic E-state index is 11.3. The van der Waals surface area contributed by atoms with Crippen LogP contribution in [0.5, 0.6) is 5.88 Å². The molecule has 10 nitrogen and oxygen atoms in total. The molecule has 4 aromatic rings. The Balaban J connectivity index is 1.38. The van der Waals surface area contributed by atoms with Crippen LogP contribution < -0.4 is 15.0 Å². The highest BCUT2D eigenvalue weighted by Gasteiger charge is 2.42. The van der Waals surface area contributed by atoms with Crippen molar-refractivity contribution in [3.63, 3.8) is 0 Å². The van der Waals surface area contributed by atoms with E-state index in [1.165, 1.54) is 0 Å². The molecule has 6 rings (SSSR count). The first kappa shape index (κ1) is 28.7. The van der Waals surface area contributed by atoms with Crippen molar-refractivity contribution in [2.24, 2.45) is 0 Å². The van der Waals surface area contributed by atoms with Crippen LogP contribution in [0, 0.1) is 0 Å². The summed E-state index contributed by atoms with van der Waals surface area (Å²) in [4.78, 5) is 28.3. The van der Waals surface area contributed by atoms with Gasteiger partial charge in [-0.3, -0.25) is 0 Å². The van der Waals surface area contributed by atoms with Crippen LogP contribution >= 0.6 is 11.6 Å². The van der Waals surface area contributed by atoms with Crippen LogP contribution in [0.3, 0.4) is 0 Å². The number of ether oxygens (including phenoxy) is 2. The smallest absolute Gasteiger partial charge is 0.404 e. The Bertz CT molecular complexity index is 1630. The number of nitrogens with one attached hydrogen (secondary N) is 1. The van der Waals surface area contributed by atoms with Gasteiger partial charge >= 0.3 is 6.09 Å². The molecule has 0 spiro atoms. The van der Waals surface area contributed by atoms with Crippen molar-refractivity contribution < 1.29 is 19.4 Å². The number of piperidine rings is 1. The number of pyridine rings is 1. The zero-order valence-electron chi connectivity index (χ0n) is 24.4. The van der Waals surface area contributed by atoms with Gasteiger partial charge in [-0.15, -0.1) is 0 Å². The summed E-state index contributed by atoms with van der Waals surface area (Å²) in [6, 6.07) is 9.25. The van der Waals surface area contributed by atoms with Crippen LogP contribution in [0.15, 0.2) is 36.7 Å². The van der Waals surface area contributed by atoms with E-state index in [0.717, 1.165) is 65.2 Å². The Hall–Kier alpha value is -3.41. The van der Waals surface area contributed by atoms with Crippen molar-refractivity contribution >= 4 is 53.7 Å². The van der Waals surface area contributed by atoms with Gasteiger partial charge < -0.3 is 29.4 Å². The van der Waals surface area contributed by atoms with Crippen molar-refractivity contribution in [3.8, 4) is 17.0 Å². The molecular formula is C30H37ClN6O4Si. The van der Waals surface area contributed by atoms with Gasteiger partial charge in [-0.1, -0.05) is 43.4 Å². The summed E-state index contributed by atoms with van der Waals surface area (Å²) >= 11 is 6.98. The molecule has 0 aliphatic carbocycles. The summed E-state index contributed by atoms with van der Waals surface area (Å²) in [7, 11) is 0.350. The molecule has 2 aliphatic rings. The Labute approximate surface area is 251 Å². The van der Waals surface area contributed by atoms with Crippen LogP contribution in [-0.2, 0) is 11.5 Å². The van der Waals surface area contributed by atoms with E-state index in [0.29, 0.717) is 29.8 Å². The maximum absolute atomic E-state index is 11.3. The number of anilines is 1. The molecule has 2 bridgehead atoms. The molecule has 2 saturated heterocycles. The largest absolute Gasteiger partial charge is 0.481 e. The van der Waals surface area contributed by atoms with E-state index >= 15 is 0 Å². The molecule has 1 amide bonds. The van der Waals surface area contributed by atoms with Gasteiger partial charge in [0.1, 0.15) is 18.1 Å². The zero-order valence-corrected chi connectivity index (χ0v) is 26.2. The SMILES string of the molecule is COc1ccc2ccc(-c3cn(COCC[Si](C)(C)C)c4nc(N5[C@@H]6CC[C@H]5CC(NC(=O)O)C6)cnc34)c(Cl)c2n1. The molecule has 1 aromatic carbocycles. The first-order valence-corrected chi connectivity index (χ1v) is 18.5. The minimum atomic E-state index is -1.24. The number of nitrogens with zero attached hydrogens (tertiary/aromatic N) is 5. The molecule has 0 saturated carbocycles. The van der Waals surface area contributed by atoms with Crippen molar-refractivity contribution in [3.05, 3.63) is 41.7 Å². The van der Waals surface area contributed by atoms with E-state index in [-0.39, 0.29) is 18.1 Å². The predicted octanol–water partition coefficient (Wildman–Crippen LogP) is 6.39. The second-order valence-corrected chi connectivity index (χ2v) is 18.5. The predicted molar refractivity (Wildman–Crippen MR) is 167 cm³/mol. The third-order valence-electron chi connectivity index (χ3n) is 8.38. The standard InChI is InChI=1S/C30H37ClN6O4Si/c1-40-25-10-6-18-5-9-22(26(31)27(18)35-25)23-16-36(17-41-11-12-42(2,3)4)29-28(23)32-15-24(34-29)37-20-7-8-21(37)14-19(13-20)33-30(38)39/h5-6,9-10,15-16,19-21,33H,7-8,11-14,17H2,1-4H3,(H,38,39)/t19?,20-,21+. The molecule has 12 heteroatoms. The molecule has 222 valence electrons. The Morgan fingerprint density at radius 3 is 2.52 bits per heavy atom. The van der Waals surface area contributed by atoms with Gasteiger partial charge in [0.15, 0.2) is 5.65 Å². The lowest BCUT2D eigenvalue weighted by Gasteiger charge is -2.39. The average Bonchev–Trinajstić information content (AvgIpc) is 3.44. The van der Waals surface area contributed by atoms with Crippen molar-refractivity contribution in [2.75, 3.05) is 18.6 Å². The Kier molecular flexibility index (Phi) is 7.75. The van der Waals surface area contributed by atoms with Gasteiger partial charge in [0, 0.05) is 61.6 Å². The molecule has 42 heavy (non-hydrogen) atoms. The molecule has 5 heterocycles. The van der Waals surface area contributed by atoms with Gasteiger partial charge in [0.05, 0.1) is 23.8 Å². The summed E-state index contributed by atoms with van der Waals surface area (Å²) in [5.74, 6) is 1.31. The molecule has 2 fully saturated rings. The number of hydrogen-bond donors (Lipinski definition) is 2. The Morgan fingerprint density at radius 1 is 1.10 bits per heavy atom.